The number of ether oxygens (including phenoxy) is 1. The number of amides is 1. The zero-order valence-corrected chi connectivity index (χ0v) is 18.8. The van der Waals surface area contributed by atoms with Crippen LogP contribution in [0, 0.1) is 13.8 Å². The van der Waals surface area contributed by atoms with Gasteiger partial charge in [-0.15, -0.1) is 0 Å². The van der Waals surface area contributed by atoms with E-state index in [1.165, 1.54) is 0 Å². The lowest BCUT2D eigenvalue weighted by atomic mass is 10.0. The number of esters is 1. The van der Waals surface area contributed by atoms with Gasteiger partial charge < -0.3 is 9.30 Å². The van der Waals surface area contributed by atoms with Crippen molar-refractivity contribution in [1.82, 2.24) is 9.99 Å². The number of rotatable bonds is 6. The molecule has 6 heteroatoms. The van der Waals surface area contributed by atoms with E-state index in [0.29, 0.717) is 17.7 Å². The van der Waals surface area contributed by atoms with Crippen LogP contribution in [-0.4, -0.2) is 29.3 Å². The number of carbonyl (C=O) groups is 2. The molecule has 0 spiro atoms. The molecule has 0 radical (unpaired) electrons. The molecule has 0 saturated carbocycles. The lowest BCUT2D eigenvalue weighted by molar-refractivity contribution is 0.0526. The summed E-state index contributed by atoms with van der Waals surface area (Å²) in [7, 11) is 0. The van der Waals surface area contributed by atoms with Crippen molar-refractivity contribution in [2.45, 2.75) is 20.8 Å². The minimum Gasteiger partial charge on any atom is -0.462 e. The largest absolute Gasteiger partial charge is 0.462 e. The van der Waals surface area contributed by atoms with Crippen molar-refractivity contribution in [1.29, 1.82) is 0 Å². The Hall–Kier alpha value is -4.19. The number of benzene rings is 3. The molecule has 3 aromatic carbocycles. The maximum Gasteiger partial charge on any atom is 0.338 e. The van der Waals surface area contributed by atoms with E-state index in [1.54, 1.807) is 31.3 Å². The van der Waals surface area contributed by atoms with Gasteiger partial charge in [0.05, 0.1) is 18.4 Å². The number of nitrogens with one attached hydrogen (secondary N) is 1. The van der Waals surface area contributed by atoms with Crippen LogP contribution in [0.5, 0.6) is 0 Å². The van der Waals surface area contributed by atoms with Gasteiger partial charge in [-0.05, 0) is 61.9 Å². The van der Waals surface area contributed by atoms with Crippen molar-refractivity contribution in [2.75, 3.05) is 6.61 Å². The Morgan fingerprint density at radius 3 is 2.58 bits per heavy atom. The Kier molecular flexibility index (Phi) is 6.36. The summed E-state index contributed by atoms with van der Waals surface area (Å²) >= 11 is 0. The van der Waals surface area contributed by atoms with Gasteiger partial charge in [-0.3, -0.25) is 4.79 Å². The van der Waals surface area contributed by atoms with Gasteiger partial charge in [0.1, 0.15) is 0 Å². The molecule has 0 atom stereocenters. The van der Waals surface area contributed by atoms with Gasteiger partial charge in [0.15, 0.2) is 0 Å². The monoisotopic (exact) mass is 439 g/mol. The van der Waals surface area contributed by atoms with Crippen molar-refractivity contribution in [3.05, 3.63) is 101 Å². The molecule has 6 nitrogen and oxygen atoms in total. The first-order valence-corrected chi connectivity index (χ1v) is 10.8. The van der Waals surface area contributed by atoms with Gasteiger partial charge >= 0.3 is 5.97 Å². The van der Waals surface area contributed by atoms with E-state index < -0.39 is 0 Å². The third-order valence-corrected chi connectivity index (χ3v) is 5.49. The summed E-state index contributed by atoms with van der Waals surface area (Å²) in [4.78, 5) is 24.8. The predicted molar refractivity (Wildman–Crippen MR) is 130 cm³/mol. The van der Waals surface area contributed by atoms with Crippen LogP contribution in [0.3, 0.4) is 0 Å². The maximum atomic E-state index is 12.7. The molecule has 4 rings (SSSR count). The van der Waals surface area contributed by atoms with Gasteiger partial charge in [0, 0.05) is 28.2 Å². The first kappa shape index (κ1) is 22.0. The molecular weight excluding hydrogens is 414 g/mol. The summed E-state index contributed by atoms with van der Waals surface area (Å²) in [5, 5.41) is 6.08. The van der Waals surface area contributed by atoms with Crippen LogP contribution in [0.1, 0.15) is 44.6 Å². The Labute approximate surface area is 192 Å². The number of carbonyl (C=O) groups excluding carboxylic acids is 2. The van der Waals surface area contributed by atoms with Gasteiger partial charge in [0.2, 0.25) is 0 Å². The summed E-state index contributed by atoms with van der Waals surface area (Å²) in [6, 6.07) is 22.7. The molecule has 1 heterocycles. The van der Waals surface area contributed by atoms with Crippen LogP contribution in [0.4, 0.5) is 0 Å². The molecule has 0 aliphatic carbocycles. The van der Waals surface area contributed by atoms with E-state index in [1.807, 2.05) is 73.0 Å². The molecule has 1 N–H and O–H groups in total. The molecule has 0 aliphatic heterocycles. The van der Waals surface area contributed by atoms with Crippen molar-refractivity contribution in [3.63, 3.8) is 0 Å². The molecule has 0 bridgehead atoms. The number of aromatic nitrogens is 1. The zero-order chi connectivity index (χ0) is 23.4. The highest BCUT2D eigenvalue weighted by atomic mass is 16.5. The van der Waals surface area contributed by atoms with Crippen molar-refractivity contribution in [3.8, 4) is 5.69 Å². The van der Waals surface area contributed by atoms with Crippen LogP contribution in [0.15, 0.2) is 77.9 Å². The molecule has 0 aliphatic rings. The average Bonchev–Trinajstić information content (AvgIpc) is 3.11. The highest BCUT2D eigenvalue weighted by molar-refractivity contribution is 6.07. The Balaban J connectivity index is 1.56. The number of hydrogen-bond donors (Lipinski definition) is 1. The first-order valence-electron chi connectivity index (χ1n) is 10.8. The molecular formula is C27H25N3O3. The topological polar surface area (TPSA) is 72.7 Å². The molecule has 1 amide bonds. The molecule has 1 aromatic heterocycles. The number of aryl methyl sites for hydroxylation is 1. The van der Waals surface area contributed by atoms with Crippen molar-refractivity contribution >= 4 is 28.9 Å². The highest BCUT2D eigenvalue weighted by Gasteiger charge is 2.13. The Morgan fingerprint density at radius 2 is 1.76 bits per heavy atom. The fourth-order valence-corrected chi connectivity index (χ4v) is 3.95. The summed E-state index contributed by atoms with van der Waals surface area (Å²) in [6.45, 7) is 6.07. The number of hydrazone groups is 1. The van der Waals surface area contributed by atoms with Gasteiger partial charge in [-0.1, -0.05) is 42.5 Å². The summed E-state index contributed by atoms with van der Waals surface area (Å²) in [5.41, 5.74) is 7.36. The highest BCUT2D eigenvalue weighted by Crippen LogP contribution is 2.21. The second-order valence-electron chi connectivity index (χ2n) is 7.66. The Bertz CT molecular complexity index is 1360. The maximum absolute atomic E-state index is 12.7. The van der Waals surface area contributed by atoms with Gasteiger partial charge in [0.25, 0.3) is 5.91 Å². The van der Waals surface area contributed by atoms with E-state index in [0.717, 1.165) is 33.4 Å². The standard InChI is InChI=1S/C27H25N3O3/c1-4-33-27(32)21-11-7-12-23(16-21)30-18(2)15-22(19(30)3)17-28-29-26(31)25-14-8-10-20-9-5-6-13-24(20)25/h5-17H,4H2,1-3H3,(H,29,31)/b28-17-. The van der Waals surface area contributed by atoms with Gasteiger partial charge in [-0.2, -0.15) is 5.10 Å². The van der Waals surface area contributed by atoms with Crippen molar-refractivity contribution in [2.24, 2.45) is 5.10 Å². The molecule has 166 valence electrons. The molecule has 33 heavy (non-hydrogen) atoms. The quantitative estimate of drug-likeness (QED) is 0.255. The van der Waals surface area contributed by atoms with E-state index >= 15 is 0 Å². The average molecular weight is 440 g/mol. The lowest BCUT2D eigenvalue weighted by Crippen LogP contribution is -2.18. The number of hydrogen-bond acceptors (Lipinski definition) is 4. The zero-order valence-electron chi connectivity index (χ0n) is 18.8. The van der Waals surface area contributed by atoms with Crippen LogP contribution in [-0.2, 0) is 4.74 Å². The lowest BCUT2D eigenvalue weighted by Gasteiger charge is -2.11. The Morgan fingerprint density at radius 1 is 1.00 bits per heavy atom. The second kappa shape index (κ2) is 9.53. The first-order chi connectivity index (χ1) is 16.0. The normalized spacial score (nSPS) is 11.1. The predicted octanol–water partition coefficient (Wildman–Crippen LogP) is 5.19. The summed E-state index contributed by atoms with van der Waals surface area (Å²) < 4.78 is 7.15. The van der Waals surface area contributed by atoms with E-state index in [2.05, 4.69) is 10.5 Å². The molecule has 0 saturated heterocycles. The third-order valence-electron chi connectivity index (χ3n) is 5.49. The molecule has 0 unspecified atom stereocenters. The van der Waals surface area contributed by atoms with Crippen molar-refractivity contribution < 1.29 is 14.3 Å². The fraction of sp³-hybridized carbons (Fsp3) is 0.148. The summed E-state index contributed by atoms with van der Waals surface area (Å²) in [5.74, 6) is -0.612. The van der Waals surface area contributed by atoms with Crippen LogP contribution < -0.4 is 5.43 Å². The number of nitrogens with zero attached hydrogens (tertiary/aromatic N) is 2. The van der Waals surface area contributed by atoms with Crippen LogP contribution >= 0.6 is 0 Å². The van der Waals surface area contributed by atoms with Crippen LogP contribution in [0.25, 0.3) is 16.5 Å². The SMILES string of the molecule is CCOC(=O)c1cccc(-n2c(C)cc(/C=N\NC(=O)c3cccc4ccccc34)c2C)c1. The minimum atomic E-state index is -0.347. The molecule has 0 fully saturated rings. The second-order valence-corrected chi connectivity index (χ2v) is 7.66. The third kappa shape index (κ3) is 4.55. The van der Waals surface area contributed by atoms with E-state index in [-0.39, 0.29) is 11.9 Å². The smallest absolute Gasteiger partial charge is 0.338 e. The minimum absolute atomic E-state index is 0.265. The van der Waals surface area contributed by atoms with E-state index in [4.69, 9.17) is 4.74 Å². The van der Waals surface area contributed by atoms with Gasteiger partial charge in [-0.25, -0.2) is 10.2 Å². The number of fused-ring (bicyclic) bond motifs is 1. The van der Waals surface area contributed by atoms with Crippen LogP contribution in [0.2, 0.25) is 0 Å². The van der Waals surface area contributed by atoms with E-state index in [9.17, 15) is 9.59 Å². The fourth-order valence-electron chi connectivity index (χ4n) is 3.95. The molecule has 4 aromatic rings. The summed E-state index contributed by atoms with van der Waals surface area (Å²) in [6.07, 6.45) is 1.64.